The predicted molar refractivity (Wildman–Crippen MR) is 64.0 cm³/mol. The minimum atomic E-state index is -0.777. The van der Waals surface area contributed by atoms with Crippen molar-refractivity contribution in [3.63, 3.8) is 0 Å². The number of benzene rings is 1. The molecule has 0 saturated carbocycles. The molecule has 0 aliphatic carbocycles. The summed E-state index contributed by atoms with van der Waals surface area (Å²) >= 11 is 0. The summed E-state index contributed by atoms with van der Waals surface area (Å²) in [5, 5.41) is 12.2. The number of hydrogen-bond acceptors (Lipinski definition) is 3. The molecule has 0 bridgehead atoms. The van der Waals surface area contributed by atoms with Gasteiger partial charge in [0.2, 0.25) is 0 Å². The molecule has 0 heterocycles. The largest absolute Gasteiger partial charge is 0.383 e. The van der Waals surface area contributed by atoms with E-state index in [-0.39, 0.29) is 5.82 Å². The van der Waals surface area contributed by atoms with Gasteiger partial charge in [0.15, 0.2) is 0 Å². The minimum Gasteiger partial charge on any atom is -0.383 e. The Hall–Kier alpha value is -1.44. The van der Waals surface area contributed by atoms with Crippen LogP contribution in [-0.4, -0.2) is 25.8 Å². The lowest BCUT2D eigenvalue weighted by Gasteiger charge is -2.23. The highest BCUT2D eigenvalue weighted by Gasteiger charge is 2.24. The second-order valence-electron chi connectivity index (χ2n) is 4.13. The molecule has 92 valence electrons. The second-order valence-corrected chi connectivity index (χ2v) is 4.13. The summed E-state index contributed by atoms with van der Waals surface area (Å²) in [4.78, 5) is 0. The van der Waals surface area contributed by atoms with E-state index >= 15 is 0 Å². The fraction of sp³-hybridized carbons (Fsp3) is 0.462. The molecule has 0 saturated heterocycles. The molecule has 1 atom stereocenters. The Bertz CT molecular complexity index is 403. The van der Waals surface area contributed by atoms with Crippen molar-refractivity contribution in [2.45, 2.75) is 18.9 Å². The molecule has 1 rings (SSSR count). The van der Waals surface area contributed by atoms with Gasteiger partial charge in [-0.2, -0.15) is 5.26 Å². The van der Waals surface area contributed by atoms with Crippen molar-refractivity contribution < 1.29 is 9.13 Å². The van der Waals surface area contributed by atoms with Crippen molar-refractivity contribution in [1.82, 2.24) is 5.32 Å². The van der Waals surface area contributed by atoms with Gasteiger partial charge in [0.25, 0.3) is 0 Å². The molecule has 0 aliphatic rings. The molecule has 0 aliphatic heterocycles. The first-order chi connectivity index (χ1) is 8.11. The third-order valence-electron chi connectivity index (χ3n) is 2.57. The summed E-state index contributed by atoms with van der Waals surface area (Å²) in [5.74, 6) is -0.275. The summed E-state index contributed by atoms with van der Waals surface area (Å²) in [6.45, 7) is 2.85. The van der Waals surface area contributed by atoms with Crippen LogP contribution in [0.25, 0.3) is 0 Å². The second kappa shape index (κ2) is 6.33. The number of ether oxygens (including phenoxy) is 1. The van der Waals surface area contributed by atoms with Gasteiger partial charge in [0.05, 0.1) is 12.7 Å². The van der Waals surface area contributed by atoms with Crippen molar-refractivity contribution in [3.8, 4) is 6.07 Å². The molecular weight excluding hydrogens is 219 g/mol. The Morgan fingerprint density at radius 3 is 2.76 bits per heavy atom. The highest BCUT2D eigenvalue weighted by molar-refractivity contribution is 5.23. The smallest absolute Gasteiger partial charge is 0.126 e. The van der Waals surface area contributed by atoms with Gasteiger partial charge in [-0.05, 0) is 18.6 Å². The number of nitrogens with one attached hydrogen (secondary N) is 1. The lowest BCUT2D eigenvalue weighted by Crippen LogP contribution is -2.44. The Balaban J connectivity index is 2.69. The molecule has 4 heteroatoms. The van der Waals surface area contributed by atoms with Crippen molar-refractivity contribution in [2.24, 2.45) is 0 Å². The molecule has 0 spiro atoms. The molecule has 0 aromatic heterocycles. The Morgan fingerprint density at radius 1 is 1.47 bits per heavy atom. The van der Waals surface area contributed by atoms with E-state index in [9.17, 15) is 4.39 Å². The maximum atomic E-state index is 13.5. The molecule has 17 heavy (non-hydrogen) atoms. The standard InChI is InChI=1S/C13H17FN2O/c1-13(10-15,16-7-8-17-2)9-11-5-3-4-6-12(11)14/h3-6,16H,7-9H2,1-2H3. The number of rotatable bonds is 6. The Morgan fingerprint density at radius 2 is 2.18 bits per heavy atom. The van der Waals surface area contributed by atoms with E-state index in [2.05, 4.69) is 11.4 Å². The summed E-state index contributed by atoms with van der Waals surface area (Å²) in [6, 6.07) is 8.69. The first-order valence-corrected chi connectivity index (χ1v) is 5.50. The Kier molecular flexibility index (Phi) is 5.08. The molecule has 3 nitrogen and oxygen atoms in total. The first kappa shape index (κ1) is 13.6. The summed E-state index contributed by atoms with van der Waals surface area (Å²) in [7, 11) is 1.60. The van der Waals surface area contributed by atoms with Crippen molar-refractivity contribution in [2.75, 3.05) is 20.3 Å². The van der Waals surface area contributed by atoms with Gasteiger partial charge in [-0.15, -0.1) is 0 Å². The Labute approximate surface area is 101 Å². The summed E-state index contributed by atoms with van der Waals surface area (Å²) < 4.78 is 18.4. The predicted octanol–water partition coefficient (Wildman–Crippen LogP) is 1.89. The van der Waals surface area contributed by atoms with E-state index < -0.39 is 5.54 Å². The van der Waals surface area contributed by atoms with E-state index in [0.29, 0.717) is 25.1 Å². The van der Waals surface area contributed by atoms with Crippen LogP contribution in [0.3, 0.4) is 0 Å². The topological polar surface area (TPSA) is 45.0 Å². The van der Waals surface area contributed by atoms with E-state index in [0.717, 1.165) is 0 Å². The normalized spacial score (nSPS) is 14.0. The molecule has 1 aromatic carbocycles. The number of halogens is 1. The summed E-state index contributed by atoms with van der Waals surface area (Å²) in [5.41, 5.74) is -0.234. The zero-order chi connectivity index (χ0) is 12.7. The number of nitriles is 1. The van der Waals surface area contributed by atoms with Gasteiger partial charge in [0.1, 0.15) is 11.4 Å². The number of hydrogen-bond donors (Lipinski definition) is 1. The van der Waals surface area contributed by atoms with Crippen LogP contribution < -0.4 is 5.32 Å². The maximum Gasteiger partial charge on any atom is 0.126 e. The quantitative estimate of drug-likeness (QED) is 0.767. The fourth-order valence-electron chi connectivity index (χ4n) is 1.59. The number of methoxy groups -OCH3 is 1. The van der Waals surface area contributed by atoms with E-state index in [4.69, 9.17) is 10.00 Å². The highest BCUT2D eigenvalue weighted by Crippen LogP contribution is 2.15. The molecular formula is C13H17FN2O. The maximum absolute atomic E-state index is 13.5. The van der Waals surface area contributed by atoms with E-state index in [1.807, 2.05) is 0 Å². The minimum absolute atomic E-state index is 0.275. The van der Waals surface area contributed by atoms with Gasteiger partial charge >= 0.3 is 0 Å². The SMILES string of the molecule is COCCNC(C)(C#N)Cc1ccccc1F. The van der Waals surface area contributed by atoms with Crippen molar-refractivity contribution >= 4 is 0 Å². The van der Waals surface area contributed by atoms with Crippen LogP contribution >= 0.6 is 0 Å². The summed E-state index contributed by atoms with van der Waals surface area (Å²) in [6.07, 6.45) is 0.333. The van der Waals surface area contributed by atoms with Gasteiger partial charge < -0.3 is 4.74 Å². The molecule has 1 unspecified atom stereocenters. The average molecular weight is 236 g/mol. The van der Waals surface area contributed by atoms with Crippen molar-refractivity contribution in [3.05, 3.63) is 35.6 Å². The third kappa shape index (κ3) is 4.14. The van der Waals surface area contributed by atoms with Crippen LogP contribution in [0.4, 0.5) is 4.39 Å². The lowest BCUT2D eigenvalue weighted by atomic mass is 9.94. The number of nitrogens with zero attached hydrogens (tertiary/aromatic N) is 1. The van der Waals surface area contributed by atoms with Gasteiger partial charge in [-0.3, -0.25) is 5.32 Å². The zero-order valence-electron chi connectivity index (χ0n) is 10.2. The lowest BCUT2D eigenvalue weighted by molar-refractivity contribution is 0.192. The van der Waals surface area contributed by atoms with Crippen LogP contribution in [0.1, 0.15) is 12.5 Å². The van der Waals surface area contributed by atoms with Crippen LogP contribution in [0.2, 0.25) is 0 Å². The highest BCUT2D eigenvalue weighted by atomic mass is 19.1. The van der Waals surface area contributed by atoms with Gasteiger partial charge in [-0.25, -0.2) is 4.39 Å². The van der Waals surface area contributed by atoms with Crippen LogP contribution in [0.15, 0.2) is 24.3 Å². The molecule has 1 N–H and O–H groups in total. The first-order valence-electron chi connectivity index (χ1n) is 5.50. The average Bonchev–Trinajstić information content (AvgIpc) is 2.33. The van der Waals surface area contributed by atoms with Crippen molar-refractivity contribution in [1.29, 1.82) is 5.26 Å². The third-order valence-corrected chi connectivity index (χ3v) is 2.57. The zero-order valence-corrected chi connectivity index (χ0v) is 10.2. The van der Waals surface area contributed by atoms with Crippen LogP contribution in [-0.2, 0) is 11.2 Å². The molecule has 0 radical (unpaired) electrons. The molecule has 0 fully saturated rings. The van der Waals surface area contributed by atoms with Gasteiger partial charge in [0, 0.05) is 20.1 Å². The van der Waals surface area contributed by atoms with Crippen LogP contribution in [0, 0.1) is 17.1 Å². The fourth-order valence-corrected chi connectivity index (χ4v) is 1.59. The van der Waals surface area contributed by atoms with E-state index in [1.165, 1.54) is 6.07 Å². The molecule has 1 aromatic rings. The van der Waals surface area contributed by atoms with E-state index in [1.54, 1.807) is 32.2 Å². The van der Waals surface area contributed by atoms with Gasteiger partial charge in [-0.1, -0.05) is 18.2 Å². The monoisotopic (exact) mass is 236 g/mol. The molecule has 0 amide bonds. The van der Waals surface area contributed by atoms with Crippen LogP contribution in [0.5, 0.6) is 0 Å².